The SMILES string of the molecule is CCC(C(=O)O)n1c(Cc2ccccc2)nc2sc3c(c2c1=O)CCC3. The number of aromatic nitrogens is 2. The van der Waals surface area contributed by atoms with Crippen molar-refractivity contribution in [3.8, 4) is 0 Å². The molecule has 1 aliphatic rings. The summed E-state index contributed by atoms with van der Waals surface area (Å²) in [6.07, 6.45) is 3.71. The molecule has 2 heterocycles. The molecule has 0 saturated heterocycles. The Morgan fingerprint density at radius 2 is 2.08 bits per heavy atom. The van der Waals surface area contributed by atoms with Crippen LogP contribution in [-0.2, 0) is 24.1 Å². The van der Waals surface area contributed by atoms with Gasteiger partial charge in [0.25, 0.3) is 5.56 Å². The number of aryl methyl sites for hydroxylation is 2. The average Bonchev–Trinajstić information content (AvgIpc) is 3.19. The fraction of sp³-hybridized carbons (Fsp3) is 0.350. The van der Waals surface area contributed by atoms with Crippen LogP contribution in [-0.4, -0.2) is 20.6 Å². The van der Waals surface area contributed by atoms with Gasteiger partial charge in [0.1, 0.15) is 16.7 Å². The number of hydrogen-bond donors (Lipinski definition) is 1. The van der Waals surface area contributed by atoms with E-state index in [1.165, 1.54) is 9.44 Å². The molecule has 0 fully saturated rings. The molecule has 6 heteroatoms. The number of fused-ring (bicyclic) bond motifs is 3. The second kappa shape index (κ2) is 6.68. The van der Waals surface area contributed by atoms with Crippen LogP contribution in [0.25, 0.3) is 10.2 Å². The van der Waals surface area contributed by atoms with Crippen molar-refractivity contribution >= 4 is 27.5 Å². The van der Waals surface area contributed by atoms with Crippen molar-refractivity contribution in [1.82, 2.24) is 9.55 Å². The number of nitrogens with zero attached hydrogens (tertiary/aromatic N) is 2. The van der Waals surface area contributed by atoms with Gasteiger partial charge >= 0.3 is 5.97 Å². The molecule has 1 atom stereocenters. The summed E-state index contributed by atoms with van der Waals surface area (Å²) in [5.74, 6) is -0.459. The number of thiophene rings is 1. The molecule has 0 saturated carbocycles. The minimum Gasteiger partial charge on any atom is -0.480 e. The van der Waals surface area contributed by atoms with E-state index in [1.807, 2.05) is 30.3 Å². The summed E-state index contributed by atoms with van der Waals surface area (Å²) in [6, 6.07) is 8.85. The molecule has 5 nitrogen and oxygen atoms in total. The summed E-state index contributed by atoms with van der Waals surface area (Å²) in [4.78, 5) is 31.9. The lowest BCUT2D eigenvalue weighted by molar-refractivity contribution is -0.141. The maximum absolute atomic E-state index is 13.3. The first-order valence-electron chi connectivity index (χ1n) is 8.92. The second-order valence-corrected chi connectivity index (χ2v) is 7.75. The van der Waals surface area contributed by atoms with Crippen LogP contribution in [0, 0.1) is 0 Å². The monoisotopic (exact) mass is 368 g/mol. The molecule has 2 aromatic heterocycles. The van der Waals surface area contributed by atoms with Crippen molar-refractivity contribution in [2.45, 2.75) is 45.1 Å². The largest absolute Gasteiger partial charge is 0.480 e. The van der Waals surface area contributed by atoms with Crippen LogP contribution in [0.1, 0.15) is 47.6 Å². The topological polar surface area (TPSA) is 72.2 Å². The van der Waals surface area contributed by atoms with Crippen LogP contribution >= 0.6 is 11.3 Å². The van der Waals surface area contributed by atoms with Gasteiger partial charge in [-0.25, -0.2) is 9.78 Å². The molecule has 0 amide bonds. The summed E-state index contributed by atoms with van der Waals surface area (Å²) in [5.41, 5.74) is 1.90. The minimum absolute atomic E-state index is 0.199. The predicted molar refractivity (Wildman–Crippen MR) is 102 cm³/mol. The zero-order valence-corrected chi connectivity index (χ0v) is 15.4. The molecule has 3 aromatic rings. The molecule has 1 aliphatic carbocycles. The standard InChI is InChI=1S/C20H20N2O3S/c1-2-14(20(24)25)22-16(11-12-7-4-3-5-8-12)21-18-17(19(22)23)13-9-6-10-15(13)26-18/h3-5,7-8,14H,2,6,9-11H2,1H3,(H,24,25). The molecule has 4 rings (SSSR count). The van der Waals surface area contributed by atoms with Crippen molar-refractivity contribution in [2.24, 2.45) is 0 Å². The van der Waals surface area contributed by atoms with Gasteiger partial charge in [-0.2, -0.15) is 0 Å². The number of hydrogen-bond acceptors (Lipinski definition) is 4. The Labute approximate surface area is 154 Å². The number of benzene rings is 1. The lowest BCUT2D eigenvalue weighted by atomic mass is 10.1. The third kappa shape index (κ3) is 2.74. The minimum atomic E-state index is -0.989. The van der Waals surface area contributed by atoms with Crippen LogP contribution < -0.4 is 5.56 Å². The van der Waals surface area contributed by atoms with Crippen molar-refractivity contribution in [3.05, 3.63) is 62.5 Å². The van der Waals surface area contributed by atoms with Gasteiger partial charge in [0.05, 0.1) is 5.39 Å². The van der Waals surface area contributed by atoms with Gasteiger partial charge < -0.3 is 5.11 Å². The van der Waals surface area contributed by atoms with E-state index >= 15 is 0 Å². The van der Waals surface area contributed by atoms with E-state index in [9.17, 15) is 14.7 Å². The molecule has 0 radical (unpaired) electrons. The Morgan fingerprint density at radius 1 is 1.31 bits per heavy atom. The van der Waals surface area contributed by atoms with E-state index in [-0.39, 0.29) is 5.56 Å². The average molecular weight is 368 g/mol. The van der Waals surface area contributed by atoms with E-state index in [2.05, 4.69) is 0 Å². The van der Waals surface area contributed by atoms with Gasteiger partial charge in [0, 0.05) is 11.3 Å². The number of carboxylic acids is 1. The molecule has 0 bridgehead atoms. The third-order valence-corrected chi connectivity index (χ3v) is 6.22. The van der Waals surface area contributed by atoms with Crippen molar-refractivity contribution in [3.63, 3.8) is 0 Å². The highest BCUT2D eigenvalue weighted by molar-refractivity contribution is 7.18. The molecule has 1 aromatic carbocycles. The Balaban J connectivity index is 1.96. The molecular formula is C20H20N2O3S. The Bertz CT molecular complexity index is 1040. The quantitative estimate of drug-likeness (QED) is 0.747. The van der Waals surface area contributed by atoms with E-state index < -0.39 is 12.0 Å². The Morgan fingerprint density at radius 3 is 2.77 bits per heavy atom. The molecule has 1 unspecified atom stereocenters. The zero-order chi connectivity index (χ0) is 18.3. The molecule has 26 heavy (non-hydrogen) atoms. The van der Waals surface area contributed by atoms with Gasteiger partial charge in [-0.1, -0.05) is 37.3 Å². The molecule has 0 spiro atoms. The molecule has 1 N–H and O–H groups in total. The number of rotatable bonds is 5. The van der Waals surface area contributed by atoms with Gasteiger partial charge in [-0.05, 0) is 36.8 Å². The van der Waals surface area contributed by atoms with Crippen LogP contribution in [0.3, 0.4) is 0 Å². The van der Waals surface area contributed by atoms with Crippen molar-refractivity contribution in [2.75, 3.05) is 0 Å². The maximum atomic E-state index is 13.3. The highest BCUT2D eigenvalue weighted by Crippen LogP contribution is 2.35. The summed E-state index contributed by atoms with van der Waals surface area (Å²) in [7, 11) is 0. The van der Waals surface area contributed by atoms with Crippen molar-refractivity contribution < 1.29 is 9.90 Å². The lowest BCUT2D eigenvalue weighted by Crippen LogP contribution is -2.33. The second-order valence-electron chi connectivity index (χ2n) is 6.67. The Hall–Kier alpha value is -2.47. The van der Waals surface area contributed by atoms with E-state index in [4.69, 9.17) is 4.98 Å². The number of carbonyl (C=O) groups is 1. The zero-order valence-electron chi connectivity index (χ0n) is 14.6. The van der Waals surface area contributed by atoms with Crippen LogP contribution in [0.2, 0.25) is 0 Å². The molecular weight excluding hydrogens is 348 g/mol. The predicted octanol–water partition coefficient (Wildman–Crippen LogP) is 3.57. The fourth-order valence-electron chi connectivity index (χ4n) is 3.79. The summed E-state index contributed by atoms with van der Waals surface area (Å²) >= 11 is 1.59. The number of carboxylic acid groups (broad SMARTS) is 1. The van der Waals surface area contributed by atoms with Gasteiger partial charge in [-0.15, -0.1) is 11.3 Å². The Kier molecular flexibility index (Phi) is 4.36. The number of aliphatic carboxylic acids is 1. The highest BCUT2D eigenvalue weighted by Gasteiger charge is 2.28. The molecule has 0 aliphatic heterocycles. The fourth-order valence-corrected chi connectivity index (χ4v) is 5.06. The van der Waals surface area contributed by atoms with E-state index in [0.717, 1.165) is 35.2 Å². The normalized spacial score (nSPS) is 14.5. The van der Waals surface area contributed by atoms with E-state index in [0.29, 0.717) is 24.1 Å². The third-order valence-electron chi connectivity index (χ3n) is 5.03. The van der Waals surface area contributed by atoms with Gasteiger partial charge in [0.15, 0.2) is 0 Å². The smallest absolute Gasteiger partial charge is 0.326 e. The maximum Gasteiger partial charge on any atom is 0.326 e. The first-order valence-corrected chi connectivity index (χ1v) is 9.74. The van der Waals surface area contributed by atoms with Crippen LogP contribution in [0.5, 0.6) is 0 Å². The van der Waals surface area contributed by atoms with Crippen LogP contribution in [0.15, 0.2) is 35.1 Å². The highest BCUT2D eigenvalue weighted by atomic mass is 32.1. The summed E-state index contributed by atoms with van der Waals surface area (Å²) in [6.45, 7) is 1.79. The summed E-state index contributed by atoms with van der Waals surface area (Å²) < 4.78 is 1.42. The van der Waals surface area contributed by atoms with Gasteiger partial charge in [-0.3, -0.25) is 9.36 Å². The molecule has 134 valence electrons. The van der Waals surface area contributed by atoms with E-state index in [1.54, 1.807) is 18.3 Å². The first-order chi connectivity index (χ1) is 12.6. The summed E-state index contributed by atoms with van der Waals surface area (Å²) in [5, 5.41) is 10.3. The van der Waals surface area contributed by atoms with Crippen molar-refractivity contribution in [1.29, 1.82) is 0 Å². The van der Waals surface area contributed by atoms with Crippen LogP contribution in [0.4, 0.5) is 0 Å². The lowest BCUT2D eigenvalue weighted by Gasteiger charge is -2.18. The first kappa shape index (κ1) is 17.0. The van der Waals surface area contributed by atoms with Gasteiger partial charge in [0.2, 0.25) is 0 Å².